The summed E-state index contributed by atoms with van der Waals surface area (Å²) >= 11 is 0. The molecule has 2 heterocycles. The van der Waals surface area contributed by atoms with Gasteiger partial charge in [-0.2, -0.15) is 4.80 Å². The Morgan fingerprint density at radius 3 is 2.48 bits per heavy atom. The van der Waals surface area contributed by atoms with Gasteiger partial charge >= 0.3 is 0 Å². The first-order chi connectivity index (χ1) is 14.1. The van der Waals surface area contributed by atoms with Gasteiger partial charge in [-0.3, -0.25) is 4.79 Å². The Labute approximate surface area is 168 Å². The van der Waals surface area contributed by atoms with Crippen molar-refractivity contribution in [3.8, 4) is 11.4 Å². The average Bonchev–Trinajstić information content (AvgIpc) is 3.18. The van der Waals surface area contributed by atoms with E-state index in [4.69, 9.17) is 0 Å². The topological polar surface area (TPSA) is 75.9 Å². The second kappa shape index (κ2) is 8.38. The van der Waals surface area contributed by atoms with Crippen molar-refractivity contribution in [1.82, 2.24) is 20.2 Å². The molecule has 1 amide bonds. The molecule has 1 N–H and O–H groups in total. The Morgan fingerprint density at radius 2 is 1.79 bits per heavy atom. The van der Waals surface area contributed by atoms with Crippen molar-refractivity contribution in [2.24, 2.45) is 5.92 Å². The smallest absolute Gasteiger partial charge is 0.248 e. The van der Waals surface area contributed by atoms with Gasteiger partial charge in [0.15, 0.2) is 0 Å². The minimum absolute atomic E-state index is 0.0556. The molecular weight excluding hydrogens is 371 g/mol. The van der Waals surface area contributed by atoms with Crippen LogP contribution in [-0.2, 0) is 11.3 Å². The maximum Gasteiger partial charge on any atom is 0.248 e. The van der Waals surface area contributed by atoms with E-state index in [0.717, 1.165) is 24.7 Å². The highest BCUT2D eigenvalue weighted by Gasteiger charge is 2.16. The number of aromatic nitrogens is 4. The van der Waals surface area contributed by atoms with Gasteiger partial charge in [-0.1, -0.05) is 6.92 Å². The number of halogens is 1. The summed E-state index contributed by atoms with van der Waals surface area (Å²) in [6, 6.07) is 13.7. The highest BCUT2D eigenvalue weighted by Crippen LogP contribution is 2.24. The number of benzene rings is 2. The van der Waals surface area contributed by atoms with Crippen LogP contribution in [0.1, 0.15) is 19.8 Å². The number of tetrazole rings is 1. The zero-order valence-electron chi connectivity index (χ0n) is 16.3. The number of amides is 1. The fourth-order valence-electron chi connectivity index (χ4n) is 3.38. The van der Waals surface area contributed by atoms with Crippen LogP contribution in [0.15, 0.2) is 48.5 Å². The molecule has 1 aliphatic heterocycles. The summed E-state index contributed by atoms with van der Waals surface area (Å²) in [7, 11) is 0. The first-order valence-corrected chi connectivity index (χ1v) is 9.75. The number of hydrogen-bond acceptors (Lipinski definition) is 5. The lowest BCUT2D eigenvalue weighted by Crippen LogP contribution is -2.32. The van der Waals surface area contributed by atoms with Crippen LogP contribution in [0.4, 0.5) is 15.8 Å². The number of carbonyl (C=O) groups is 1. The van der Waals surface area contributed by atoms with E-state index < -0.39 is 0 Å². The van der Waals surface area contributed by atoms with Gasteiger partial charge in [-0.15, -0.1) is 10.2 Å². The maximum absolute atomic E-state index is 13.0. The molecule has 0 unspecified atom stereocenters. The summed E-state index contributed by atoms with van der Waals surface area (Å²) in [6.07, 6.45) is 2.42. The summed E-state index contributed by atoms with van der Waals surface area (Å²) in [5.41, 5.74) is 2.54. The number of carbonyl (C=O) groups excluding carboxylic acids is 1. The predicted octanol–water partition coefficient (Wildman–Crippen LogP) is 3.35. The van der Waals surface area contributed by atoms with Gasteiger partial charge in [0.1, 0.15) is 12.4 Å². The number of hydrogen-bond donors (Lipinski definition) is 1. The number of nitrogens with one attached hydrogen (secondary N) is 1. The average molecular weight is 394 g/mol. The first-order valence-electron chi connectivity index (χ1n) is 9.75. The number of rotatable bonds is 5. The van der Waals surface area contributed by atoms with Crippen LogP contribution in [-0.4, -0.2) is 39.2 Å². The van der Waals surface area contributed by atoms with Crippen molar-refractivity contribution in [3.63, 3.8) is 0 Å². The maximum atomic E-state index is 13.0. The highest BCUT2D eigenvalue weighted by molar-refractivity contribution is 5.90. The first kappa shape index (κ1) is 19.0. The molecule has 29 heavy (non-hydrogen) atoms. The lowest BCUT2D eigenvalue weighted by atomic mass is 9.99. The highest BCUT2D eigenvalue weighted by atomic mass is 19.1. The number of nitrogens with zero attached hydrogens (tertiary/aromatic N) is 5. The van der Waals surface area contributed by atoms with E-state index >= 15 is 0 Å². The Kier molecular flexibility index (Phi) is 5.50. The van der Waals surface area contributed by atoms with Crippen molar-refractivity contribution in [2.45, 2.75) is 26.3 Å². The molecule has 0 aliphatic carbocycles. The Balaban J connectivity index is 1.33. The molecule has 0 saturated carbocycles. The van der Waals surface area contributed by atoms with Crippen LogP contribution in [0.3, 0.4) is 0 Å². The summed E-state index contributed by atoms with van der Waals surface area (Å²) in [5, 5.41) is 14.8. The van der Waals surface area contributed by atoms with Gasteiger partial charge in [0, 0.05) is 30.0 Å². The fraction of sp³-hybridized carbons (Fsp3) is 0.333. The third-order valence-electron chi connectivity index (χ3n) is 5.14. The van der Waals surface area contributed by atoms with Gasteiger partial charge < -0.3 is 10.2 Å². The minimum Gasteiger partial charge on any atom is -0.372 e. The molecule has 0 spiro atoms. The number of piperidine rings is 1. The van der Waals surface area contributed by atoms with Crippen molar-refractivity contribution in [3.05, 3.63) is 54.3 Å². The molecule has 1 aliphatic rings. The quantitative estimate of drug-likeness (QED) is 0.718. The molecule has 0 bridgehead atoms. The van der Waals surface area contributed by atoms with Crippen molar-refractivity contribution in [1.29, 1.82) is 0 Å². The molecule has 3 aromatic rings. The molecular formula is C21H23FN6O. The summed E-state index contributed by atoms with van der Waals surface area (Å²) in [4.78, 5) is 15.9. The Bertz CT molecular complexity index is 962. The van der Waals surface area contributed by atoms with E-state index in [1.807, 2.05) is 24.3 Å². The van der Waals surface area contributed by atoms with Crippen LogP contribution >= 0.6 is 0 Å². The van der Waals surface area contributed by atoms with Crippen LogP contribution in [0.25, 0.3) is 11.4 Å². The van der Waals surface area contributed by atoms with Crippen LogP contribution in [0.5, 0.6) is 0 Å². The lowest BCUT2D eigenvalue weighted by Gasteiger charge is -2.32. The van der Waals surface area contributed by atoms with E-state index in [1.165, 1.54) is 35.5 Å². The van der Waals surface area contributed by atoms with Gasteiger partial charge in [-0.25, -0.2) is 4.39 Å². The monoisotopic (exact) mass is 394 g/mol. The van der Waals surface area contributed by atoms with E-state index in [0.29, 0.717) is 11.4 Å². The zero-order chi connectivity index (χ0) is 20.2. The minimum atomic E-state index is -0.332. The molecule has 0 atom stereocenters. The lowest BCUT2D eigenvalue weighted by molar-refractivity contribution is -0.117. The van der Waals surface area contributed by atoms with Gasteiger partial charge in [-0.05, 0) is 72.5 Å². The Morgan fingerprint density at radius 1 is 1.10 bits per heavy atom. The van der Waals surface area contributed by atoms with Crippen molar-refractivity contribution >= 4 is 17.3 Å². The van der Waals surface area contributed by atoms with Gasteiger partial charge in [0.2, 0.25) is 11.7 Å². The van der Waals surface area contributed by atoms with E-state index in [9.17, 15) is 9.18 Å². The number of anilines is 2. The second-order valence-corrected chi connectivity index (χ2v) is 7.41. The summed E-state index contributed by atoms with van der Waals surface area (Å²) in [5.74, 6) is 0.561. The van der Waals surface area contributed by atoms with Crippen LogP contribution in [0, 0.1) is 11.7 Å². The predicted molar refractivity (Wildman–Crippen MR) is 109 cm³/mol. The molecule has 8 heteroatoms. The van der Waals surface area contributed by atoms with E-state index in [-0.39, 0.29) is 18.3 Å². The molecule has 1 saturated heterocycles. The Hall–Kier alpha value is -3.29. The van der Waals surface area contributed by atoms with Gasteiger partial charge in [0.05, 0.1) is 0 Å². The summed E-state index contributed by atoms with van der Waals surface area (Å²) in [6.45, 7) is 4.38. The second-order valence-electron chi connectivity index (χ2n) is 7.41. The van der Waals surface area contributed by atoms with E-state index in [2.05, 4.69) is 32.6 Å². The molecule has 1 fully saturated rings. The van der Waals surface area contributed by atoms with Crippen molar-refractivity contribution < 1.29 is 9.18 Å². The fourth-order valence-corrected chi connectivity index (χ4v) is 3.38. The molecule has 0 radical (unpaired) electrons. The largest absolute Gasteiger partial charge is 0.372 e. The molecule has 1 aromatic heterocycles. The molecule has 4 rings (SSSR count). The van der Waals surface area contributed by atoms with Gasteiger partial charge in [0.25, 0.3) is 0 Å². The van der Waals surface area contributed by atoms with E-state index in [1.54, 1.807) is 12.1 Å². The SMILES string of the molecule is CC1CCN(c2ccc(NC(=O)Cn3nnc(-c4ccc(F)cc4)n3)cc2)CC1. The third kappa shape index (κ3) is 4.77. The molecule has 7 nitrogen and oxygen atoms in total. The molecule has 150 valence electrons. The zero-order valence-corrected chi connectivity index (χ0v) is 16.3. The van der Waals surface area contributed by atoms with Crippen LogP contribution < -0.4 is 10.2 Å². The summed E-state index contributed by atoms with van der Waals surface area (Å²) < 4.78 is 13.0. The van der Waals surface area contributed by atoms with Crippen molar-refractivity contribution in [2.75, 3.05) is 23.3 Å². The third-order valence-corrected chi connectivity index (χ3v) is 5.14. The van der Waals surface area contributed by atoms with Crippen LogP contribution in [0.2, 0.25) is 0 Å². The standard InChI is InChI=1S/C21H23FN6O/c1-15-10-12-27(13-11-15)19-8-6-18(7-9-19)23-20(29)14-28-25-21(24-26-28)16-2-4-17(22)5-3-16/h2-9,15H,10-14H2,1H3,(H,23,29). The normalized spacial score (nSPS) is 14.8. The molecule has 2 aromatic carbocycles.